The number of hydrogen-bond donors (Lipinski definition) is 10. The Balaban J connectivity index is 0.982. The van der Waals surface area contributed by atoms with Crippen LogP contribution in [0.1, 0.15) is 128 Å². The summed E-state index contributed by atoms with van der Waals surface area (Å²) in [5.74, 6) is -6.89. The molecule has 5 saturated heterocycles. The smallest absolute Gasteiger partial charge is 0.310 e. The molecule has 1 aliphatic carbocycles. The van der Waals surface area contributed by atoms with E-state index in [1.54, 1.807) is 20.8 Å². The summed E-state index contributed by atoms with van der Waals surface area (Å²) in [6.07, 6.45) is -21.3. The van der Waals surface area contributed by atoms with E-state index >= 15 is 4.79 Å². The van der Waals surface area contributed by atoms with Gasteiger partial charge in [-0.15, -0.1) is 0 Å². The van der Waals surface area contributed by atoms with E-state index < -0.39 is 181 Å². The van der Waals surface area contributed by atoms with Crippen molar-refractivity contribution in [3.8, 4) is 17.2 Å². The number of rotatable bonds is 22. The Hall–Kier alpha value is -4.56. The molecule has 10 N–H and O–H groups in total. The fourth-order valence-electron chi connectivity index (χ4n) is 12.1. The number of aliphatic hydroxyl groups is 8. The Labute approximate surface area is 498 Å². The van der Waals surface area contributed by atoms with E-state index in [-0.39, 0.29) is 97.8 Å². The summed E-state index contributed by atoms with van der Waals surface area (Å²) in [5.41, 5.74) is -1.56. The zero-order valence-corrected chi connectivity index (χ0v) is 49.7. The zero-order valence-electron chi connectivity index (χ0n) is 49.7. The van der Waals surface area contributed by atoms with Crippen LogP contribution in [0.3, 0.4) is 0 Å². The molecule has 0 amide bonds. The molecule has 24 unspecified atom stereocenters. The van der Waals surface area contributed by atoms with Crippen LogP contribution in [0.2, 0.25) is 0 Å². The van der Waals surface area contributed by atoms with Gasteiger partial charge in [-0.2, -0.15) is 0 Å². The molecule has 482 valence electrons. The highest BCUT2D eigenvalue weighted by Crippen LogP contribution is 2.47. The maximum atomic E-state index is 15.0. The van der Waals surface area contributed by atoms with Crippen LogP contribution in [0.15, 0.2) is 25.0 Å². The van der Waals surface area contributed by atoms with Crippen molar-refractivity contribution in [3.63, 3.8) is 0 Å². The average Bonchev–Trinajstić information content (AvgIpc) is 0.827. The highest BCUT2D eigenvalue weighted by Gasteiger charge is 2.51. The van der Waals surface area contributed by atoms with Crippen LogP contribution >= 0.6 is 0 Å². The van der Waals surface area contributed by atoms with Crippen LogP contribution in [-0.4, -0.2) is 216 Å². The number of Topliss-reactive ketones (excluding diaryl/α,β-unsaturated/α-hetero) is 2. The van der Waals surface area contributed by atoms with E-state index in [1.807, 2.05) is 0 Å². The summed E-state index contributed by atoms with van der Waals surface area (Å²) in [7, 11) is 0. The molecule has 0 saturated carbocycles. The Morgan fingerprint density at radius 1 is 0.744 bits per heavy atom. The molecule has 0 radical (unpaired) electrons. The molecule has 0 bridgehead atoms. The van der Waals surface area contributed by atoms with E-state index in [9.17, 15) is 65.4 Å². The largest absolute Gasteiger partial charge is 0.507 e. The quantitative estimate of drug-likeness (QED) is 0.0458. The molecule has 86 heavy (non-hydrogen) atoms. The lowest BCUT2D eigenvalue weighted by molar-refractivity contribution is -0.321. The Morgan fingerprint density at radius 3 is 1.91 bits per heavy atom. The summed E-state index contributed by atoms with van der Waals surface area (Å²) in [4.78, 5) is 53.9. The van der Waals surface area contributed by atoms with Crippen LogP contribution in [0.25, 0.3) is 10.8 Å². The Bertz CT molecular complexity index is 2700. The number of hydrogen-bond acceptors (Lipinski definition) is 26. The number of unbranched alkanes of at least 4 members (excludes halogenated alkanes) is 1. The van der Waals surface area contributed by atoms with Gasteiger partial charge in [0.1, 0.15) is 60.0 Å². The normalized spacial score (nSPS) is 37.8. The third kappa shape index (κ3) is 15.2. The van der Waals surface area contributed by atoms with Crippen molar-refractivity contribution in [2.45, 2.75) is 248 Å². The van der Waals surface area contributed by atoms with Crippen molar-refractivity contribution in [1.82, 2.24) is 0 Å². The van der Waals surface area contributed by atoms with Crippen LogP contribution in [-0.2, 0) is 72.9 Å². The summed E-state index contributed by atoms with van der Waals surface area (Å²) in [6.45, 7) is 15.1. The lowest BCUT2D eigenvalue weighted by Crippen LogP contribution is -2.57. The van der Waals surface area contributed by atoms with E-state index in [0.29, 0.717) is 12.8 Å². The minimum absolute atomic E-state index is 0.0248. The lowest BCUT2D eigenvalue weighted by atomic mass is 9.74. The molecular formula is C60H86O26. The predicted octanol–water partition coefficient (Wildman–Crippen LogP) is 2.03. The summed E-state index contributed by atoms with van der Waals surface area (Å²) in [6, 6.07) is 2.98. The first-order valence-corrected chi connectivity index (χ1v) is 29.6. The average molecular weight is 1220 g/mol. The molecule has 5 fully saturated rings. The second kappa shape index (κ2) is 28.5. The fourth-order valence-corrected chi connectivity index (χ4v) is 12.1. The Kier molecular flexibility index (Phi) is 22.3. The third-order valence-electron chi connectivity index (χ3n) is 17.6. The number of phenols is 2. The van der Waals surface area contributed by atoms with Gasteiger partial charge in [0.05, 0.1) is 90.8 Å². The van der Waals surface area contributed by atoms with Gasteiger partial charge in [-0.1, -0.05) is 13.5 Å². The molecule has 6 aliphatic rings. The van der Waals surface area contributed by atoms with Gasteiger partial charge in [-0.05, 0) is 90.8 Å². The monoisotopic (exact) mass is 1220 g/mol. The summed E-state index contributed by atoms with van der Waals surface area (Å²) >= 11 is 0. The first-order valence-electron chi connectivity index (χ1n) is 29.6. The van der Waals surface area contributed by atoms with Crippen molar-refractivity contribution in [2.75, 3.05) is 13.2 Å². The number of esters is 2. The molecule has 26 nitrogen and oxygen atoms in total. The second-order valence-electron chi connectivity index (χ2n) is 24.1. The number of ether oxygens (including phenoxy) is 12. The molecule has 2 aromatic rings. The van der Waals surface area contributed by atoms with Crippen molar-refractivity contribution in [1.29, 1.82) is 0 Å². The molecular weight excluding hydrogens is 1140 g/mol. The Morgan fingerprint density at radius 2 is 1.29 bits per heavy atom. The number of aromatic hydroxyl groups is 2. The third-order valence-corrected chi connectivity index (χ3v) is 17.6. The van der Waals surface area contributed by atoms with E-state index in [2.05, 4.69) is 6.58 Å². The van der Waals surface area contributed by atoms with Gasteiger partial charge >= 0.3 is 11.9 Å². The fraction of sp³-hybridized carbons (Fsp3) is 0.733. The van der Waals surface area contributed by atoms with Crippen molar-refractivity contribution in [3.05, 3.63) is 41.7 Å². The molecule has 5 heterocycles. The van der Waals surface area contributed by atoms with Gasteiger partial charge in [0, 0.05) is 62.3 Å². The molecule has 8 rings (SSSR count). The van der Waals surface area contributed by atoms with Crippen molar-refractivity contribution in [2.24, 2.45) is 17.8 Å². The number of carbonyl (C=O) groups excluding carboxylic acids is 4. The highest BCUT2D eigenvalue weighted by atomic mass is 16.7. The number of fused-ring (bicyclic) bond motifs is 2. The number of carbonyl (C=O) groups is 4. The first kappa shape index (κ1) is 67.4. The zero-order chi connectivity index (χ0) is 62.8. The number of phenolic OH excluding ortho intramolecular Hbond substituents is 2. The predicted molar refractivity (Wildman–Crippen MR) is 296 cm³/mol. The molecule has 24 atom stereocenters. The minimum atomic E-state index is -1.79. The molecule has 2 aromatic carbocycles. The van der Waals surface area contributed by atoms with Gasteiger partial charge in [0.25, 0.3) is 0 Å². The van der Waals surface area contributed by atoms with Crippen LogP contribution < -0.4 is 4.74 Å². The minimum Gasteiger partial charge on any atom is -0.507 e. The van der Waals surface area contributed by atoms with Crippen LogP contribution in [0.5, 0.6) is 17.2 Å². The number of ketones is 2. The van der Waals surface area contributed by atoms with Gasteiger partial charge < -0.3 is 108 Å². The van der Waals surface area contributed by atoms with Crippen LogP contribution in [0.4, 0.5) is 0 Å². The summed E-state index contributed by atoms with van der Waals surface area (Å²) in [5, 5.41) is 111. The number of benzene rings is 2. The van der Waals surface area contributed by atoms with Crippen molar-refractivity contribution >= 4 is 34.3 Å². The second-order valence-corrected chi connectivity index (χ2v) is 24.1. The lowest BCUT2D eigenvalue weighted by Gasteiger charge is -2.45. The highest BCUT2D eigenvalue weighted by molar-refractivity contribution is 6.12. The summed E-state index contributed by atoms with van der Waals surface area (Å²) < 4.78 is 71.7. The van der Waals surface area contributed by atoms with Gasteiger partial charge in [-0.3, -0.25) is 19.2 Å². The maximum Gasteiger partial charge on any atom is 0.310 e. The van der Waals surface area contributed by atoms with Gasteiger partial charge in [0.15, 0.2) is 36.7 Å². The standard InChI is InChI=1S/C60H86O26/c1-10-75-41(63)13-11-12-14-42(64)81-38-19-45(78-28(5)52(38)67)85-40-20-44(77-29(6)54(40)69)82-36-17-33-15-32-16-35(55(70)51(66)25(2)27(4)62)58(57(72)49(32)56(71)48(33)50(65)26(36)3)86-46-21-39(53(68)30(7)79-46)84-43-18-37(34(23-61)24-76-43)83-47-22-60(9,74)59(73)31(8)80-47/h10,15,17,25,27-31,34-35,37-40,43-47,51-54,58-59,61-62,65-69,71,73-74H,1,11-14,16,18-24H2,2-9H3. The SMILES string of the molecule is C=COC(=O)CCCCC(=O)OC1CC(OC2CC(Oc3cc4cc5c(c(O)c4c(O)c3C)C(=O)C(OC3CC(OC4CC(OC6CC(C)(O)C(O)C(C)O6)C(CO)CO4)C(O)C(C)O3)C(C(=O)C(O)C(C)C(C)O)C5)OC(C)C2O)OC(C)C1O. The van der Waals surface area contributed by atoms with Crippen molar-refractivity contribution < 1.29 is 127 Å². The number of aliphatic hydroxyl groups excluding tert-OH is 7. The van der Waals surface area contributed by atoms with Gasteiger partial charge in [-0.25, -0.2) is 0 Å². The van der Waals surface area contributed by atoms with Gasteiger partial charge in [0.2, 0.25) is 6.29 Å². The maximum absolute atomic E-state index is 15.0. The molecule has 5 aliphatic heterocycles. The topological polar surface area (TPSA) is 381 Å². The first-order chi connectivity index (χ1) is 40.6. The van der Waals surface area contributed by atoms with Crippen LogP contribution in [0, 0.1) is 24.7 Å². The molecule has 0 aromatic heterocycles. The molecule has 0 spiro atoms. The van der Waals surface area contributed by atoms with E-state index in [4.69, 9.17) is 56.8 Å². The van der Waals surface area contributed by atoms with E-state index in [1.165, 1.54) is 46.8 Å². The molecule has 26 heteroatoms. The van der Waals surface area contributed by atoms with E-state index in [0.717, 1.165) is 6.26 Å².